The topological polar surface area (TPSA) is 88.4 Å². The molecular weight excluding hydrogens is 468 g/mol. The number of methoxy groups -OCH3 is 1. The lowest BCUT2D eigenvalue weighted by atomic mass is 9.67. The van der Waals surface area contributed by atoms with E-state index in [-0.39, 0.29) is 26.1 Å². The second-order valence-corrected chi connectivity index (χ2v) is 9.42. The minimum Gasteiger partial charge on any atom is -0.385 e. The molecule has 6 nitrogen and oxygen atoms in total. The molecule has 0 amide bonds. The van der Waals surface area contributed by atoms with Gasteiger partial charge in [-0.25, -0.2) is 0 Å². The summed E-state index contributed by atoms with van der Waals surface area (Å²) in [6.07, 6.45) is -3.61. The molecule has 35 heavy (non-hydrogen) atoms. The summed E-state index contributed by atoms with van der Waals surface area (Å²) < 4.78 is 17.3. The number of rotatable bonds is 9. The van der Waals surface area contributed by atoms with Crippen molar-refractivity contribution < 1.29 is 29.5 Å². The smallest absolute Gasteiger partial charge is 0.186 e. The maximum absolute atomic E-state index is 12.2. The molecule has 3 aromatic carbocycles. The van der Waals surface area contributed by atoms with Crippen molar-refractivity contribution in [3.05, 3.63) is 107 Å². The molecule has 0 radical (unpaired) electrons. The van der Waals surface area contributed by atoms with Crippen molar-refractivity contribution in [1.29, 1.82) is 0 Å². The first-order valence-electron chi connectivity index (χ1n) is 11.6. The van der Waals surface area contributed by atoms with E-state index >= 15 is 0 Å². The van der Waals surface area contributed by atoms with Crippen LogP contribution in [0.15, 0.2) is 84.9 Å². The van der Waals surface area contributed by atoms with E-state index < -0.39 is 29.7 Å². The van der Waals surface area contributed by atoms with Gasteiger partial charge < -0.3 is 29.5 Å². The van der Waals surface area contributed by atoms with Crippen LogP contribution in [-0.4, -0.2) is 58.7 Å². The van der Waals surface area contributed by atoms with E-state index in [1.165, 1.54) is 7.11 Å². The summed E-state index contributed by atoms with van der Waals surface area (Å²) in [6, 6.07) is 25.8. The maximum atomic E-state index is 12.2. The van der Waals surface area contributed by atoms with Crippen LogP contribution in [-0.2, 0) is 33.7 Å². The lowest BCUT2D eigenvalue weighted by Crippen LogP contribution is -2.76. The Kier molecular flexibility index (Phi) is 8.24. The Morgan fingerprint density at radius 2 is 1.34 bits per heavy atom. The van der Waals surface area contributed by atoms with Crippen molar-refractivity contribution in [2.24, 2.45) is 0 Å². The Hall–Kier alpha value is -2.29. The van der Waals surface area contributed by atoms with Gasteiger partial charge in [0.25, 0.3) is 0 Å². The average molecular weight is 499 g/mol. The SMILES string of the molecule is COC1O[C@H](COCc2ccc(Cl)cc2)[C@](O)(Cc2ccccc2)[C@@](O)(Cc2ccccc2)[C@H]1O. The van der Waals surface area contributed by atoms with Gasteiger partial charge in [0.2, 0.25) is 0 Å². The van der Waals surface area contributed by atoms with Crippen molar-refractivity contribution in [3.8, 4) is 0 Å². The minimum atomic E-state index is -1.99. The summed E-state index contributed by atoms with van der Waals surface area (Å²) in [6.45, 7) is 0.228. The molecule has 1 saturated heterocycles. The Morgan fingerprint density at radius 1 is 0.800 bits per heavy atom. The fourth-order valence-corrected chi connectivity index (χ4v) is 4.80. The van der Waals surface area contributed by atoms with Gasteiger partial charge in [0, 0.05) is 25.0 Å². The van der Waals surface area contributed by atoms with Crippen LogP contribution in [0.2, 0.25) is 5.02 Å². The molecule has 3 N–H and O–H groups in total. The number of aliphatic hydroxyl groups is 3. The number of benzene rings is 3. The van der Waals surface area contributed by atoms with Gasteiger partial charge in [-0.2, -0.15) is 0 Å². The molecule has 1 fully saturated rings. The van der Waals surface area contributed by atoms with E-state index in [0.717, 1.165) is 16.7 Å². The fraction of sp³-hybridized carbons (Fsp3) is 0.357. The highest BCUT2D eigenvalue weighted by molar-refractivity contribution is 6.30. The van der Waals surface area contributed by atoms with Crippen LogP contribution in [0, 0.1) is 0 Å². The van der Waals surface area contributed by atoms with Gasteiger partial charge in [0.15, 0.2) is 6.29 Å². The van der Waals surface area contributed by atoms with E-state index in [2.05, 4.69) is 0 Å². The van der Waals surface area contributed by atoms with E-state index in [0.29, 0.717) is 5.02 Å². The monoisotopic (exact) mass is 498 g/mol. The molecule has 7 heteroatoms. The lowest BCUT2D eigenvalue weighted by molar-refractivity contribution is -0.363. The van der Waals surface area contributed by atoms with Gasteiger partial charge in [0.05, 0.1) is 13.2 Å². The number of aliphatic hydroxyl groups excluding tert-OH is 1. The Labute approximate surface area is 210 Å². The fourth-order valence-electron chi connectivity index (χ4n) is 4.67. The molecule has 0 aromatic heterocycles. The van der Waals surface area contributed by atoms with Crippen molar-refractivity contribution in [2.45, 2.75) is 49.1 Å². The normalized spacial score (nSPS) is 28.7. The third kappa shape index (κ3) is 5.60. The highest BCUT2D eigenvalue weighted by Gasteiger charge is 2.64. The van der Waals surface area contributed by atoms with Gasteiger partial charge in [0.1, 0.15) is 23.4 Å². The predicted molar refractivity (Wildman–Crippen MR) is 133 cm³/mol. The molecule has 0 aliphatic carbocycles. The lowest BCUT2D eigenvalue weighted by Gasteiger charge is -2.55. The molecule has 3 aromatic rings. The third-order valence-corrected chi connectivity index (χ3v) is 6.90. The molecule has 4 rings (SSSR count). The van der Waals surface area contributed by atoms with Gasteiger partial charge in [-0.3, -0.25) is 0 Å². The van der Waals surface area contributed by atoms with Gasteiger partial charge in [-0.15, -0.1) is 0 Å². The summed E-state index contributed by atoms with van der Waals surface area (Å²) >= 11 is 5.97. The zero-order valence-corrected chi connectivity index (χ0v) is 20.3. The van der Waals surface area contributed by atoms with Crippen LogP contribution in [0.1, 0.15) is 16.7 Å². The third-order valence-electron chi connectivity index (χ3n) is 6.64. The second kappa shape index (κ2) is 11.2. The average Bonchev–Trinajstić information content (AvgIpc) is 2.87. The predicted octanol–water partition coefficient (Wildman–Crippen LogP) is 3.54. The van der Waals surface area contributed by atoms with E-state index in [9.17, 15) is 15.3 Å². The van der Waals surface area contributed by atoms with E-state index in [1.54, 1.807) is 12.1 Å². The molecule has 186 valence electrons. The maximum Gasteiger partial charge on any atom is 0.186 e. The number of ether oxygens (including phenoxy) is 3. The summed E-state index contributed by atoms with van der Waals surface area (Å²) in [5.41, 5.74) is -1.43. The standard InChI is InChI=1S/C28H31ClO6/c1-33-26-25(30)28(32,17-21-10-6-3-7-11-21)27(31,16-20-8-4-2-5-9-20)24(35-26)19-34-18-22-12-14-23(29)15-13-22/h2-15,24-26,30-32H,16-19H2,1H3/t24-,25+,26?,27-,28-/m1/s1. The minimum absolute atomic E-state index is 0.00472. The van der Waals surface area contributed by atoms with Gasteiger partial charge in [-0.05, 0) is 28.8 Å². The summed E-state index contributed by atoms with van der Waals surface area (Å²) in [5, 5.41) is 36.1. The number of halogens is 1. The molecule has 0 saturated carbocycles. The van der Waals surface area contributed by atoms with Crippen molar-refractivity contribution in [2.75, 3.05) is 13.7 Å². The van der Waals surface area contributed by atoms with Crippen LogP contribution in [0.5, 0.6) is 0 Å². The van der Waals surface area contributed by atoms with E-state index in [4.69, 9.17) is 25.8 Å². The summed E-state index contributed by atoms with van der Waals surface area (Å²) in [7, 11) is 1.39. The Bertz CT molecular complexity index is 1060. The summed E-state index contributed by atoms with van der Waals surface area (Å²) in [5.74, 6) is 0. The second-order valence-electron chi connectivity index (χ2n) is 8.99. The Morgan fingerprint density at radius 3 is 1.89 bits per heavy atom. The molecule has 0 bridgehead atoms. The van der Waals surface area contributed by atoms with E-state index in [1.807, 2.05) is 72.8 Å². The zero-order valence-electron chi connectivity index (χ0n) is 19.6. The number of hydrogen-bond donors (Lipinski definition) is 3. The summed E-state index contributed by atoms with van der Waals surface area (Å²) in [4.78, 5) is 0. The van der Waals surface area contributed by atoms with Crippen LogP contribution in [0.25, 0.3) is 0 Å². The zero-order chi connectivity index (χ0) is 24.9. The largest absolute Gasteiger partial charge is 0.385 e. The van der Waals surface area contributed by atoms with Crippen LogP contribution >= 0.6 is 11.6 Å². The molecule has 5 atom stereocenters. The molecule has 1 heterocycles. The van der Waals surface area contributed by atoms with Crippen molar-refractivity contribution >= 4 is 11.6 Å². The number of hydrogen-bond acceptors (Lipinski definition) is 6. The molecular formula is C28H31ClO6. The van der Waals surface area contributed by atoms with Crippen LogP contribution in [0.3, 0.4) is 0 Å². The van der Waals surface area contributed by atoms with Crippen molar-refractivity contribution in [1.82, 2.24) is 0 Å². The molecule has 1 aliphatic rings. The van der Waals surface area contributed by atoms with Gasteiger partial charge >= 0.3 is 0 Å². The Balaban J connectivity index is 1.66. The quantitative estimate of drug-likeness (QED) is 0.418. The molecule has 0 spiro atoms. The van der Waals surface area contributed by atoms with Crippen LogP contribution in [0.4, 0.5) is 0 Å². The molecule has 1 unspecified atom stereocenters. The highest BCUT2D eigenvalue weighted by atomic mass is 35.5. The van der Waals surface area contributed by atoms with Crippen LogP contribution < -0.4 is 0 Å². The highest BCUT2D eigenvalue weighted by Crippen LogP contribution is 2.43. The van der Waals surface area contributed by atoms with Crippen molar-refractivity contribution in [3.63, 3.8) is 0 Å². The van der Waals surface area contributed by atoms with Gasteiger partial charge in [-0.1, -0.05) is 84.4 Å². The first-order chi connectivity index (χ1) is 16.9. The first kappa shape index (κ1) is 25.8. The first-order valence-corrected chi connectivity index (χ1v) is 11.9. The molecule has 1 aliphatic heterocycles.